The molecule has 0 saturated heterocycles. The number of nitrogens with one attached hydrogen (secondary N) is 2. The first-order valence-corrected chi connectivity index (χ1v) is 10.4. The third-order valence-electron chi connectivity index (χ3n) is 6.66. The molecule has 2 aromatic heterocycles. The molecule has 30 heavy (non-hydrogen) atoms. The lowest BCUT2D eigenvalue weighted by Crippen LogP contribution is -2.70. The van der Waals surface area contributed by atoms with E-state index >= 15 is 0 Å². The third kappa shape index (κ3) is 3.62. The van der Waals surface area contributed by atoms with Crippen LogP contribution >= 0.6 is 0 Å². The van der Waals surface area contributed by atoms with Crippen molar-refractivity contribution in [2.24, 2.45) is 11.8 Å². The van der Waals surface area contributed by atoms with E-state index in [9.17, 15) is 9.59 Å². The zero-order valence-electron chi connectivity index (χ0n) is 16.9. The number of aryl methyl sites for hydroxylation is 1. The maximum Gasteiger partial charge on any atom is 0.414 e. The van der Waals surface area contributed by atoms with Crippen LogP contribution in [-0.4, -0.2) is 38.0 Å². The molecular formula is C22H25N5O3. The number of rotatable bonds is 4. The second-order valence-corrected chi connectivity index (χ2v) is 9.20. The van der Waals surface area contributed by atoms with Crippen LogP contribution in [0.15, 0.2) is 36.8 Å². The molecule has 2 amide bonds. The molecule has 156 valence electrons. The van der Waals surface area contributed by atoms with Crippen LogP contribution in [0.4, 0.5) is 4.79 Å². The smallest absolute Gasteiger partial charge is 0.390 e. The van der Waals surface area contributed by atoms with Crippen LogP contribution < -0.4 is 15.4 Å². The Kier molecular flexibility index (Phi) is 4.45. The van der Waals surface area contributed by atoms with E-state index in [2.05, 4.69) is 25.6 Å². The summed E-state index contributed by atoms with van der Waals surface area (Å²) in [5.41, 5.74) is 0.580. The Hall–Kier alpha value is -3.03. The Balaban J connectivity index is 1.33. The van der Waals surface area contributed by atoms with Crippen molar-refractivity contribution in [1.29, 1.82) is 0 Å². The molecule has 8 nitrogen and oxygen atoms in total. The summed E-state index contributed by atoms with van der Waals surface area (Å²) in [6.07, 6.45) is 9.50. The van der Waals surface area contributed by atoms with Crippen molar-refractivity contribution in [3.63, 3.8) is 0 Å². The lowest BCUT2D eigenvalue weighted by atomic mass is 9.50. The molecule has 0 aromatic carbocycles. The Morgan fingerprint density at radius 1 is 1.07 bits per heavy atom. The Morgan fingerprint density at radius 2 is 1.80 bits per heavy atom. The molecule has 2 unspecified atom stereocenters. The molecule has 8 heteroatoms. The lowest BCUT2D eigenvalue weighted by molar-refractivity contribution is -0.0450. The van der Waals surface area contributed by atoms with Gasteiger partial charge in [0.15, 0.2) is 0 Å². The fraction of sp³-hybridized carbons (Fsp3) is 0.500. The van der Waals surface area contributed by atoms with Crippen LogP contribution in [0, 0.1) is 18.8 Å². The van der Waals surface area contributed by atoms with Gasteiger partial charge in [-0.3, -0.25) is 9.78 Å². The zero-order chi connectivity index (χ0) is 20.8. The molecule has 6 rings (SSSR count). The Morgan fingerprint density at radius 3 is 2.47 bits per heavy atom. The summed E-state index contributed by atoms with van der Waals surface area (Å²) in [5, 5.41) is 6.42. The number of carbonyl (C=O) groups is 2. The van der Waals surface area contributed by atoms with Gasteiger partial charge in [0.1, 0.15) is 5.69 Å². The Labute approximate surface area is 174 Å². The maximum atomic E-state index is 12.9. The van der Waals surface area contributed by atoms with Crippen LogP contribution in [-0.2, 0) is 0 Å². The van der Waals surface area contributed by atoms with Crippen molar-refractivity contribution >= 4 is 12.0 Å². The summed E-state index contributed by atoms with van der Waals surface area (Å²) in [7, 11) is 0. The highest BCUT2D eigenvalue weighted by Gasteiger charge is 2.59. The van der Waals surface area contributed by atoms with Gasteiger partial charge in [-0.2, -0.15) is 0 Å². The summed E-state index contributed by atoms with van der Waals surface area (Å²) in [5.74, 6) is 0.994. The highest BCUT2D eigenvalue weighted by atomic mass is 16.6. The first-order valence-electron chi connectivity index (χ1n) is 10.4. The van der Waals surface area contributed by atoms with Gasteiger partial charge in [0.2, 0.25) is 5.88 Å². The van der Waals surface area contributed by atoms with E-state index in [0.29, 0.717) is 24.0 Å². The maximum absolute atomic E-state index is 12.9. The number of ether oxygens (including phenoxy) is 1. The normalized spacial score (nSPS) is 31.2. The van der Waals surface area contributed by atoms with E-state index in [-0.39, 0.29) is 22.9 Å². The van der Waals surface area contributed by atoms with Gasteiger partial charge in [0.05, 0.1) is 6.20 Å². The van der Waals surface area contributed by atoms with Crippen LogP contribution in [0.1, 0.15) is 54.7 Å². The third-order valence-corrected chi connectivity index (χ3v) is 6.66. The van der Waals surface area contributed by atoms with Gasteiger partial charge in [0, 0.05) is 29.2 Å². The van der Waals surface area contributed by atoms with Crippen LogP contribution in [0.2, 0.25) is 0 Å². The summed E-state index contributed by atoms with van der Waals surface area (Å²) >= 11 is 0. The molecule has 4 aliphatic carbocycles. The number of hydrogen-bond acceptors (Lipinski definition) is 6. The number of nitrogens with zero attached hydrogens (tertiary/aromatic N) is 3. The molecular weight excluding hydrogens is 382 g/mol. The van der Waals surface area contributed by atoms with Crippen LogP contribution in [0.3, 0.4) is 0 Å². The average molecular weight is 407 g/mol. The first kappa shape index (κ1) is 19.0. The van der Waals surface area contributed by atoms with Crippen LogP contribution in [0.25, 0.3) is 0 Å². The van der Waals surface area contributed by atoms with Crippen molar-refractivity contribution in [2.75, 3.05) is 0 Å². The molecule has 0 spiro atoms. The quantitative estimate of drug-likeness (QED) is 0.807. The van der Waals surface area contributed by atoms with E-state index in [1.807, 2.05) is 19.1 Å². The van der Waals surface area contributed by atoms with Crippen molar-refractivity contribution < 1.29 is 14.3 Å². The van der Waals surface area contributed by atoms with Gasteiger partial charge >= 0.3 is 6.09 Å². The highest BCUT2D eigenvalue weighted by molar-refractivity contribution is 5.92. The Bertz CT molecular complexity index is 966. The van der Waals surface area contributed by atoms with Gasteiger partial charge in [-0.25, -0.2) is 14.8 Å². The summed E-state index contributed by atoms with van der Waals surface area (Å²) in [4.78, 5) is 37.8. The van der Waals surface area contributed by atoms with E-state index in [0.717, 1.165) is 37.8 Å². The number of amides is 2. The minimum atomic E-state index is -0.515. The number of hydrogen-bond donors (Lipinski definition) is 2. The van der Waals surface area contributed by atoms with Crippen LogP contribution in [0.5, 0.6) is 5.88 Å². The summed E-state index contributed by atoms with van der Waals surface area (Å²) in [6, 6.07) is 5.47. The second kappa shape index (κ2) is 7.04. The van der Waals surface area contributed by atoms with Gasteiger partial charge in [0.25, 0.3) is 5.91 Å². The molecule has 0 radical (unpaired) electrons. The number of pyridine rings is 1. The SMILES string of the molecule is Cc1cccc(C(=O)NC23CC4CC(CC(NC(=O)Oc5cnccn5)(C4)C2)C3)n1. The monoisotopic (exact) mass is 407 g/mol. The lowest BCUT2D eigenvalue weighted by Gasteiger charge is -2.61. The molecule has 2 N–H and O–H groups in total. The topological polar surface area (TPSA) is 106 Å². The van der Waals surface area contributed by atoms with E-state index < -0.39 is 6.09 Å². The van der Waals surface area contributed by atoms with E-state index in [1.165, 1.54) is 18.6 Å². The number of carbonyl (C=O) groups excluding carboxylic acids is 2. The molecule has 4 fully saturated rings. The average Bonchev–Trinajstić information content (AvgIpc) is 2.66. The second-order valence-electron chi connectivity index (χ2n) is 9.20. The predicted molar refractivity (Wildman–Crippen MR) is 108 cm³/mol. The van der Waals surface area contributed by atoms with Crippen molar-refractivity contribution in [1.82, 2.24) is 25.6 Å². The van der Waals surface area contributed by atoms with Crippen molar-refractivity contribution in [3.05, 3.63) is 48.2 Å². The summed E-state index contributed by atoms with van der Waals surface area (Å²) < 4.78 is 5.33. The minimum absolute atomic E-state index is 0.141. The van der Waals surface area contributed by atoms with Crippen molar-refractivity contribution in [2.45, 2.75) is 56.5 Å². The highest BCUT2D eigenvalue weighted by Crippen LogP contribution is 2.57. The van der Waals surface area contributed by atoms with Gasteiger partial charge in [-0.15, -0.1) is 0 Å². The molecule has 2 aromatic rings. The molecule has 4 aliphatic rings. The predicted octanol–water partition coefficient (Wildman–Crippen LogP) is 2.79. The van der Waals surface area contributed by atoms with Gasteiger partial charge < -0.3 is 15.4 Å². The standard InChI is InChI=1S/C22H25N5O3/c1-14-3-2-4-17(25-14)19(28)26-21-8-15-7-16(9-21)11-22(10-15,13-21)27-20(29)30-18-12-23-5-6-24-18/h2-6,12,15-16H,7-11,13H2,1H3,(H,26,28)(H,27,29). The zero-order valence-corrected chi connectivity index (χ0v) is 16.9. The molecule has 2 heterocycles. The largest absolute Gasteiger partial charge is 0.414 e. The first-order chi connectivity index (χ1) is 14.4. The fourth-order valence-corrected chi connectivity index (χ4v) is 6.20. The van der Waals surface area contributed by atoms with E-state index in [4.69, 9.17) is 4.74 Å². The molecule has 4 saturated carbocycles. The minimum Gasteiger partial charge on any atom is -0.390 e. The molecule has 2 atom stereocenters. The van der Waals surface area contributed by atoms with Crippen molar-refractivity contribution in [3.8, 4) is 5.88 Å². The molecule has 4 bridgehead atoms. The molecule has 0 aliphatic heterocycles. The van der Waals surface area contributed by atoms with Gasteiger partial charge in [-0.1, -0.05) is 6.07 Å². The summed E-state index contributed by atoms with van der Waals surface area (Å²) in [6.45, 7) is 1.88. The fourth-order valence-electron chi connectivity index (χ4n) is 6.20. The van der Waals surface area contributed by atoms with Gasteiger partial charge in [-0.05, 0) is 69.4 Å². The van der Waals surface area contributed by atoms with E-state index in [1.54, 1.807) is 6.07 Å². The number of aromatic nitrogens is 3.